The average Bonchev–Trinajstić information content (AvgIpc) is 2.53. The molecular weight excluding hydrogens is 272 g/mol. The van der Waals surface area contributed by atoms with Crippen LogP contribution in [0.25, 0.3) is 11.0 Å². The van der Waals surface area contributed by atoms with Crippen LogP contribution in [0.5, 0.6) is 0 Å². The van der Waals surface area contributed by atoms with Gasteiger partial charge in [0.25, 0.3) is 0 Å². The number of nitrogen functional groups attached to an aromatic ring is 2. The van der Waals surface area contributed by atoms with Gasteiger partial charge in [0.2, 0.25) is 0 Å². The highest BCUT2D eigenvalue weighted by Crippen LogP contribution is 2.23. The van der Waals surface area contributed by atoms with E-state index in [2.05, 4.69) is 16.9 Å². The molecule has 22 heavy (non-hydrogen) atoms. The molecule has 4 heteroatoms. The number of hydrogen-bond acceptors (Lipinski definition) is 4. The highest BCUT2D eigenvalue weighted by Gasteiger charge is 2.05. The normalized spacial score (nSPS) is 11.1. The lowest BCUT2D eigenvalue weighted by atomic mass is 10.1. The van der Waals surface area contributed by atoms with E-state index in [0.29, 0.717) is 16.9 Å². The number of nitrogens with zero attached hydrogens (tertiary/aromatic N) is 2. The van der Waals surface area contributed by atoms with Crippen molar-refractivity contribution in [3.05, 3.63) is 24.0 Å². The summed E-state index contributed by atoms with van der Waals surface area (Å²) in [6.07, 6.45) is 13.4. The van der Waals surface area contributed by atoms with Gasteiger partial charge in [-0.05, 0) is 25.0 Å². The van der Waals surface area contributed by atoms with Gasteiger partial charge >= 0.3 is 0 Å². The Morgan fingerprint density at radius 3 is 2.32 bits per heavy atom. The molecule has 1 aromatic carbocycles. The summed E-state index contributed by atoms with van der Waals surface area (Å²) in [7, 11) is 0. The third kappa shape index (κ3) is 4.58. The van der Waals surface area contributed by atoms with Crippen LogP contribution in [0.1, 0.15) is 64.0 Å². The number of aromatic nitrogens is 2. The van der Waals surface area contributed by atoms with Crippen molar-refractivity contribution in [2.75, 3.05) is 11.5 Å². The van der Waals surface area contributed by atoms with E-state index in [4.69, 9.17) is 11.5 Å². The first-order valence-electron chi connectivity index (χ1n) is 8.52. The monoisotopic (exact) mass is 300 g/mol. The predicted molar refractivity (Wildman–Crippen MR) is 94.7 cm³/mol. The maximum absolute atomic E-state index is 5.93. The first-order chi connectivity index (χ1) is 10.7. The van der Waals surface area contributed by atoms with Crippen LogP contribution in [0.3, 0.4) is 0 Å². The number of benzene rings is 1. The van der Waals surface area contributed by atoms with Crippen molar-refractivity contribution in [1.29, 1.82) is 0 Å². The summed E-state index contributed by atoms with van der Waals surface area (Å²) in [5, 5.41) is 0. The van der Waals surface area contributed by atoms with Crippen molar-refractivity contribution in [3.63, 3.8) is 0 Å². The van der Waals surface area contributed by atoms with Gasteiger partial charge in [-0.25, -0.2) is 4.98 Å². The Balaban J connectivity index is 1.77. The van der Waals surface area contributed by atoms with Crippen LogP contribution in [-0.4, -0.2) is 9.97 Å². The molecular formula is C18H28N4. The van der Waals surface area contributed by atoms with Crippen LogP contribution < -0.4 is 11.5 Å². The molecule has 0 atom stereocenters. The maximum atomic E-state index is 5.93. The lowest BCUT2D eigenvalue weighted by Crippen LogP contribution is -2.00. The van der Waals surface area contributed by atoms with Crippen molar-refractivity contribution in [1.82, 2.24) is 9.97 Å². The number of unbranched alkanes of at least 4 members (excludes halogenated alkanes) is 7. The molecule has 0 amide bonds. The summed E-state index contributed by atoms with van der Waals surface area (Å²) in [6, 6.07) is 3.69. The van der Waals surface area contributed by atoms with E-state index in [-0.39, 0.29) is 0 Å². The highest BCUT2D eigenvalue weighted by atomic mass is 14.8. The smallest absolute Gasteiger partial charge is 0.114 e. The van der Waals surface area contributed by atoms with Crippen LogP contribution in [-0.2, 0) is 6.42 Å². The molecule has 1 aromatic heterocycles. The van der Waals surface area contributed by atoms with E-state index in [1.54, 1.807) is 6.07 Å². The van der Waals surface area contributed by atoms with Crippen molar-refractivity contribution in [2.24, 2.45) is 0 Å². The standard InChI is InChI=1S/C18H28N4/c1-2-3-4-5-6-7-8-9-10-14-13-21-18-16(22-14)12-11-15(19)17(18)20/h11-13H,2-10,19-20H2,1H3. The molecule has 0 bridgehead atoms. The molecule has 2 aromatic rings. The number of hydrogen-bond donors (Lipinski definition) is 2. The van der Waals surface area contributed by atoms with Gasteiger partial charge in [0.1, 0.15) is 5.52 Å². The fraction of sp³-hybridized carbons (Fsp3) is 0.556. The largest absolute Gasteiger partial charge is 0.397 e. The fourth-order valence-electron chi connectivity index (χ4n) is 2.72. The second-order valence-corrected chi connectivity index (χ2v) is 6.02. The van der Waals surface area contributed by atoms with Crippen LogP contribution in [0.2, 0.25) is 0 Å². The molecule has 1 heterocycles. The van der Waals surface area contributed by atoms with Gasteiger partial charge in [-0.2, -0.15) is 0 Å². The Labute approximate surface area is 133 Å². The van der Waals surface area contributed by atoms with Gasteiger partial charge in [-0.3, -0.25) is 4.98 Å². The van der Waals surface area contributed by atoms with Crippen LogP contribution >= 0.6 is 0 Å². The number of anilines is 2. The van der Waals surface area contributed by atoms with Crippen molar-refractivity contribution in [3.8, 4) is 0 Å². The summed E-state index contributed by atoms with van der Waals surface area (Å²) < 4.78 is 0. The summed E-state index contributed by atoms with van der Waals surface area (Å²) in [5.74, 6) is 0. The molecule has 0 aliphatic heterocycles. The molecule has 4 N–H and O–H groups in total. The Morgan fingerprint density at radius 2 is 1.59 bits per heavy atom. The first-order valence-corrected chi connectivity index (χ1v) is 8.52. The zero-order valence-electron chi connectivity index (χ0n) is 13.6. The molecule has 2 rings (SSSR count). The Hall–Kier alpha value is -1.84. The van der Waals surface area contributed by atoms with E-state index in [0.717, 1.165) is 17.6 Å². The van der Waals surface area contributed by atoms with Gasteiger partial charge in [0.05, 0.1) is 22.6 Å². The van der Waals surface area contributed by atoms with Gasteiger partial charge in [0, 0.05) is 6.20 Å². The summed E-state index contributed by atoms with van der Waals surface area (Å²) in [6.45, 7) is 2.26. The molecule has 0 spiro atoms. The number of fused-ring (bicyclic) bond motifs is 1. The molecule has 0 aliphatic rings. The minimum atomic E-state index is 0.531. The Morgan fingerprint density at radius 1 is 0.909 bits per heavy atom. The number of aryl methyl sites for hydroxylation is 1. The molecule has 0 radical (unpaired) electrons. The first kappa shape index (κ1) is 16.5. The third-order valence-corrected chi connectivity index (χ3v) is 4.12. The molecule has 0 aliphatic carbocycles. The lowest BCUT2D eigenvalue weighted by Gasteiger charge is -2.06. The molecule has 0 unspecified atom stereocenters. The molecule has 4 nitrogen and oxygen atoms in total. The average molecular weight is 300 g/mol. The van der Waals surface area contributed by atoms with Gasteiger partial charge in [0.15, 0.2) is 0 Å². The van der Waals surface area contributed by atoms with Gasteiger partial charge in [-0.15, -0.1) is 0 Å². The zero-order chi connectivity index (χ0) is 15.8. The summed E-state index contributed by atoms with van der Waals surface area (Å²) in [5.41, 5.74) is 15.4. The fourth-order valence-corrected chi connectivity index (χ4v) is 2.72. The summed E-state index contributed by atoms with van der Waals surface area (Å²) >= 11 is 0. The number of rotatable bonds is 9. The SMILES string of the molecule is CCCCCCCCCCc1cnc2c(N)c(N)ccc2n1. The van der Waals surface area contributed by atoms with Crippen molar-refractivity contribution in [2.45, 2.75) is 64.7 Å². The van der Waals surface area contributed by atoms with Crippen LogP contribution in [0.4, 0.5) is 11.4 Å². The third-order valence-electron chi connectivity index (χ3n) is 4.12. The van der Waals surface area contributed by atoms with Gasteiger partial charge < -0.3 is 11.5 Å². The minimum absolute atomic E-state index is 0.531. The minimum Gasteiger partial charge on any atom is -0.397 e. The second kappa shape index (κ2) is 8.57. The quantitative estimate of drug-likeness (QED) is 0.529. The van der Waals surface area contributed by atoms with E-state index in [9.17, 15) is 0 Å². The molecule has 0 saturated carbocycles. The maximum Gasteiger partial charge on any atom is 0.114 e. The van der Waals surface area contributed by atoms with E-state index in [1.165, 1.54) is 51.4 Å². The van der Waals surface area contributed by atoms with Crippen molar-refractivity contribution < 1.29 is 0 Å². The second-order valence-electron chi connectivity index (χ2n) is 6.02. The Bertz CT molecular complexity index is 595. The van der Waals surface area contributed by atoms with E-state index < -0.39 is 0 Å². The highest BCUT2D eigenvalue weighted by molar-refractivity contribution is 5.93. The number of nitrogens with two attached hydrogens (primary N) is 2. The van der Waals surface area contributed by atoms with E-state index in [1.807, 2.05) is 12.3 Å². The van der Waals surface area contributed by atoms with Crippen LogP contribution in [0.15, 0.2) is 18.3 Å². The topological polar surface area (TPSA) is 77.8 Å². The van der Waals surface area contributed by atoms with Crippen LogP contribution in [0, 0.1) is 0 Å². The van der Waals surface area contributed by atoms with E-state index >= 15 is 0 Å². The van der Waals surface area contributed by atoms with Crippen molar-refractivity contribution >= 4 is 22.4 Å². The Kier molecular flexibility index (Phi) is 6.44. The molecule has 0 saturated heterocycles. The lowest BCUT2D eigenvalue weighted by molar-refractivity contribution is 0.574. The molecule has 0 fully saturated rings. The summed E-state index contributed by atoms with van der Waals surface area (Å²) in [4.78, 5) is 9.06. The predicted octanol–water partition coefficient (Wildman–Crippen LogP) is 4.48. The molecule has 120 valence electrons. The van der Waals surface area contributed by atoms with Gasteiger partial charge in [-0.1, -0.05) is 51.9 Å². The zero-order valence-corrected chi connectivity index (χ0v) is 13.6.